The molecule has 1 aromatic rings. The zero-order valence-electron chi connectivity index (χ0n) is 11.2. The lowest BCUT2D eigenvalue weighted by Crippen LogP contribution is -2.43. The minimum absolute atomic E-state index is 0.156. The number of nitrogens with zero attached hydrogens (tertiary/aromatic N) is 1. The first-order valence-corrected chi connectivity index (χ1v) is 8.60. The predicted molar refractivity (Wildman–Crippen MR) is 75.7 cm³/mol. The lowest BCUT2D eigenvalue weighted by Gasteiger charge is -2.36. The van der Waals surface area contributed by atoms with Crippen molar-refractivity contribution in [2.75, 3.05) is 25.1 Å². The average Bonchev–Trinajstić information content (AvgIpc) is 2.78. The van der Waals surface area contributed by atoms with Crippen LogP contribution in [0.3, 0.4) is 0 Å². The summed E-state index contributed by atoms with van der Waals surface area (Å²) in [5.41, 5.74) is 2.67. The first-order valence-electron chi connectivity index (χ1n) is 6.78. The molecule has 19 heavy (non-hydrogen) atoms. The molecule has 4 nitrogen and oxygen atoms in total. The average molecular weight is 280 g/mol. The van der Waals surface area contributed by atoms with Gasteiger partial charge in [0.1, 0.15) is 0 Å². The van der Waals surface area contributed by atoms with E-state index in [-0.39, 0.29) is 12.1 Å². The van der Waals surface area contributed by atoms with Crippen LogP contribution in [0.15, 0.2) is 24.3 Å². The maximum Gasteiger partial charge on any atom is 0.151 e. The van der Waals surface area contributed by atoms with E-state index in [2.05, 4.69) is 41.5 Å². The Morgan fingerprint density at radius 3 is 2.84 bits per heavy atom. The lowest BCUT2D eigenvalue weighted by atomic mass is 9.95. The monoisotopic (exact) mass is 280 g/mol. The molecule has 2 heterocycles. The standard InChI is InChI=1S/C14H20N2O2S/c1-16(12-6-7-19(17,18)10-12)14-9-15-8-11-4-2-3-5-13(11)14/h2-5,12,14-15H,6-10H2,1H3. The maximum absolute atomic E-state index is 11.6. The Hall–Kier alpha value is -0.910. The molecule has 0 radical (unpaired) electrons. The Labute approximate surface area is 114 Å². The second-order valence-corrected chi connectivity index (χ2v) is 7.80. The van der Waals surface area contributed by atoms with Gasteiger partial charge in [-0.25, -0.2) is 8.42 Å². The summed E-state index contributed by atoms with van der Waals surface area (Å²) in [4.78, 5) is 2.25. The lowest BCUT2D eigenvalue weighted by molar-refractivity contribution is 0.176. The minimum atomic E-state index is -2.82. The van der Waals surface area contributed by atoms with Crippen molar-refractivity contribution in [2.24, 2.45) is 0 Å². The number of rotatable bonds is 2. The Bertz CT molecular complexity index is 571. The molecule has 0 amide bonds. The Kier molecular flexibility index (Phi) is 3.37. The van der Waals surface area contributed by atoms with Gasteiger partial charge in [-0.05, 0) is 24.6 Å². The van der Waals surface area contributed by atoms with Crippen molar-refractivity contribution in [1.82, 2.24) is 10.2 Å². The van der Waals surface area contributed by atoms with Crippen molar-refractivity contribution >= 4 is 9.84 Å². The van der Waals surface area contributed by atoms with Crippen molar-refractivity contribution < 1.29 is 8.42 Å². The van der Waals surface area contributed by atoms with Crippen LogP contribution in [-0.2, 0) is 16.4 Å². The Morgan fingerprint density at radius 2 is 2.11 bits per heavy atom. The van der Waals surface area contributed by atoms with Crippen molar-refractivity contribution in [3.05, 3.63) is 35.4 Å². The van der Waals surface area contributed by atoms with Crippen LogP contribution in [0.25, 0.3) is 0 Å². The summed E-state index contributed by atoms with van der Waals surface area (Å²) in [6, 6.07) is 8.87. The van der Waals surface area contributed by atoms with Gasteiger partial charge in [-0.3, -0.25) is 4.90 Å². The van der Waals surface area contributed by atoms with E-state index in [0.717, 1.165) is 19.5 Å². The van der Waals surface area contributed by atoms with Crippen LogP contribution in [0, 0.1) is 0 Å². The van der Waals surface area contributed by atoms with Crippen LogP contribution in [-0.4, -0.2) is 44.5 Å². The van der Waals surface area contributed by atoms with Gasteiger partial charge < -0.3 is 5.32 Å². The van der Waals surface area contributed by atoms with E-state index in [0.29, 0.717) is 11.5 Å². The highest BCUT2D eigenvalue weighted by Gasteiger charge is 2.35. The molecule has 3 rings (SSSR count). The second kappa shape index (κ2) is 4.89. The van der Waals surface area contributed by atoms with Crippen LogP contribution in [0.2, 0.25) is 0 Å². The minimum Gasteiger partial charge on any atom is -0.311 e. The molecule has 0 aliphatic carbocycles. The zero-order valence-corrected chi connectivity index (χ0v) is 12.0. The largest absolute Gasteiger partial charge is 0.311 e. The molecule has 104 valence electrons. The summed E-state index contributed by atoms with van der Waals surface area (Å²) < 4.78 is 23.3. The van der Waals surface area contributed by atoms with Gasteiger partial charge in [0, 0.05) is 25.2 Å². The molecular weight excluding hydrogens is 260 g/mol. The van der Waals surface area contributed by atoms with E-state index in [1.165, 1.54) is 11.1 Å². The third kappa shape index (κ3) is 2.55. The summed E-state index contributed by atoms with van der Waals surface area (Å²) >= 11 is 0. The van der Waals surface area contributed by atoms with E-state index < -0.39 is 9.84 Å². The first-order chi connectivity index (χ1) is 9.07. The van der Waals surface area contributed by atoms with Crippen LogP contribution in [0.5, 0.6) is 0 Å². The molecule has 5 heteroatoms. The topological polar surface area (TPSA) is 49.4 Å². The predicted octanol–water partition coefficient (Wildman–Crippen LogP) is 0.950. The molecule has 2 aliphatic heterocycles. The van der Waals surface area contributed by atoms with Crippen molar-refractivity contribution in [3.63, 3.8) is 0 Å². The van der Waals surface area contributed by atoms with Gasteiger partial charge in [-0.1, -0.05) is 24.3 Å². The van der Waals surface area contributed by atoms with Crippen LogP contribution in [0.4, 0.5) is 0 Å². The van der Waals surface area contributed by atoms with Gasteiger partial charge in [0.05, 0.1) is 11.5 Å². The molecule has 1 N–H and O–H groups in total. The number of hydrogen-bond donors (Lipinski definition) is 1. The van der Waals surface area contributed by atoms with E-state index in [1.54, 1.807) is 0 Å². The summed E-state index contributed by atoms with van der Waals surface area (Å²) in [5.74, 6) is 0.645. The molecule has 0 aromatic heterocycles. The quantitative estimate of drug-likeness (QED) is 0.876. The van der Waals surface area contributed by atoms with Gasteiger partial charge >= 0.3 is 0 Å². The molecule has 1 saturated heterocycles. The van der Waals surface area contributed by atoms with Crippen molar-refractivity contribution in [3.8, 4) is 0 Å². The molecule has 0 saturated carbocycles. The summed E-state index contributed by atoms with van der Waals surface area (Å²) in [6.45, 7) is 1.80. The van der Waals surface area contributed by atoms with Gasteiger partial charge in [0.2, 0.25) is 0 Å². The van der Waals surface area contributed by atoms with Crippen LogP contribution >= 0.6 is 0 Å². The Balaban J connectivity index is 1.84. The summed E-state index contributed by atoms with van der Waals surface area (Å²) in [6.07, 6.45) is 0.761. The van der Waals surface area contributed by atoms with Gasteiger partial charge in [0.15, 0.2) is 9.84 Å². The maximum atomic E-state index is 11.6. The molecular formula is C14H20N2O2S. The van der Waals surface area contributed by atoms with E-state index in [4.69, 9.17) is 0 Å². The number of sulfone groups is 1. The number of benzene rings is 1. The molecule has 2 aliphatic rings. The molecule has 2 unspecified atom stereocenters. The highest BCUT2D eigenvalue weighted by atomic mass is 32.2. The van der Waals surface area contributed by atoms with Gasteiger partial charge in [0.25, 0.3) is 0 Å². The summed E-state index contributed by atoms with van der Waals surface area (Å²) in [7, 11) is -0.763. The second-order valence-electron chi connectivity index (χ2n) is 5.57. The smallest absolute Gasteiger partial charge is 0.151 e. The first kappa shape index (κ1) is 13.1. The number of likely N-dealkylation sites (N-methyl/N-ethyl adjacent to an activating group) is 1. The van der Waals surface area contributed by atoms with Crippen LogP contribution in [0.1, 0.15) is 23.6 Å². The highest BCUT2D eigenvalue weighted by molar-refractivity contribution is 7.91. The van der Waals surface area contributed by atoms with E-state index in [1.807, 2.05) is 0 Å². The molecule has 0 bridgehead atoms. The third-order valence-corrected chi connectivity index (χ3v) is 6.09. The third-order valence-electron chi connectivity index (χ3n) is 4.34. The number of fused-ring (bicyclic) bond motifs is 1. The molecule has 0 spiro atoms. The fourth-order valence-corrected chi connectivity index (χ4v) is 4.97. The number of nitrogens with one attached hydrogen (secondary N) is 1. The normalized spacial score (nSPS) is 29.4. The summed E-state index contributed by atoms with van der Waals surface area (Å²) in [5, 5.41) is 3.43. The van der Waals surface area contributed by atoms with E-state index >= 15 is 0 Å². The van der Waals surface area contributed by atoms with Gasteiger partial charge in [-0.2, -0.15) is 0 Å². The molecule has 1 fully saturated rings. The van der Waals surface area contributed by atoms with Crippen LogP contribution < -0.4 is 5.32 Å². The molecule has 2 atom stereocenters. The van der Waals surface area contributed by atoms with Crippen molar-refractivity contribution in [2.45, 2.75) is 25.0 Å². The highest BCUT2D eigenvalue weighted by Crippen LogP contribution is 2.30. The van der Waals surface area contributed by atoms with Gasteiger partial charge in [-0.15, -0.1) is 0 Å². The van der Waals surface area contributed by atoms with Crippen molar-refractivity contribution in [1.29, 1.82) is 0 Å². The number of hydrogen-bond acceptors (Lipinski definition) is 4. The fourth-order valence-electron chi connectivity index (χ4n) is 3.19. The SMILES string of the molecule is CN(C1CCS(=O)(=O)C1)C1CNCc2ccccc21. The Morgan fingerprint density at radius 1 is 1.32 bits per heavy atom. The molecule has 1 aromatic carbocycles. The zero-order chi connectivity index (χ0) is 13.5. The van der Waals surface area contributed by atoms with E-state index in [9.17, 15) is 8.42 Å². The fraction of sp³-hybridized carbons (Fsp3) is 0.571.